The molecule has 0 saturated heterocycles. The van der Waals surface area contributed by atoms with E-state index < -0.39 is 0 Å². The minimum atomic E-state index is -0.301. The lowest BCUT2D eigenvalue weighted by Crippen LogP contribution is -2.13. The van der Waals surface area contributed by atoms with Gasteiger partial charge in [-0.3, -0.25) is 4.79 Å². The zero-order chi connectivity index (χ0) is 20.4. The number of anilines is 1. The summed E-state index contributed by atoms with van der Waals surface area (Å²) in [6, 6.07) is 20.2. The van der Waals surface area contributed by atoms with Crippen molar-refractivity contribution in [1.29, 1.82) is 0 Å². The zero-order valence-corrected chi connectivity index (χ0v) is 17.0. The Bertz CT molecular complexity index is 1190. The van der Waals surface area contributed by atoms with Gasteiger partial charge in [-0.1, -0.05) is 53.5 Å². The number of rotatable bonds is 4. The Morgan fingerprint density at radius 1 is 0.966 bits per heavy atom. The van der Waals surface area contributed by atoms with E-state index in [2.05, 4.69) is 10.3 Å². The van der Waals surface area contributed by atoms with Crippen molar-refractivity contribution in [3.05, 3.63) is 94.2 Å². The van der Waals surface area contributed by atoms with E-state index in [1.807, 2.05) is 55.5 Å². The molecule has 0 bridgehead atoms. The van der Waals surface area contributed by atoms with Crippen LogP contribution in [0.5, 0.6) is 0 Å². The van der Waals surface area contributed by atoms with Crippen LogP contribution in [0.15, 0.2) is 77.4 Å². The van der Waals surface area contributed by atoms with Gasteiger partial charge in [0.25, 0.3) is 5.91 Å². The number of hydrogen-bond donors (Lipinski definition) is 1. The van der Waals surface area contributed by atoms with Crippen LogP contribution in [0.2, 0.25) is 10.0 Å². The van der Waals surface area contributed by atoms with E-state index in [0.717, 1.165) is 22.4 Å². The smallest absolute Gasteiger partial charge is 0.257 e. The molecule has 29 heavy (non-hydrogen) atoms. The van der Waals surface area contributed by atoms with E-state index >= 15 is 0 Å². The first kappa shape index (κ1) is 19.2. The number of oxazole rings is 1. The number of aromatic nitrogens is 1. The van der Waals surface area contributed by atoms with Gasteiger partial charge in [0.05, 0.1) is 10.6 Å². The number of hydrogen-bond acceptors (Lipinski definition) is 3. The summed E-state index contributed by atoms with van der Waals surface area (Å²) in [4.78, 5) is 17.1. The van der Waals surface area contributed by atoms with Crippen molar-refractivity contribution in [3.63, 3.8) is 0 Å². The third-order valence-electron chi connectivity index (χ3n) is 4.47. The highest BCUT2D eigenvalue weighted by Gasteiger charge is 2.14. The molecule has 1 N–H and O–H groups in total. The minimum absolute atomic E-state index is 0.301. The van der Waals surface area contributed by atoms with E-state index in [0.29, 0.717) is 27.2 Å². The average molecular weight is 423 g/mol. The van der Waals surface area contributed by atoms with Crippen molar-refractivity contribution in [2.75, 3.05) is 5.32 Å². The maximum absolute atomic E-state index is 12.5. The minimum Gasteiger partial charge on any atom is -0.444 e. The molecule has 0 radical (unpaired) electrons. The van der Waals surface area contributed by atoms with Gasteiger partial charge in [-0.25, -0.2) is 4.98 Å². The molecule has 144 valence electrons. The molecule has 6 heteroatoms. The summed E-state index contributed by atoms with van der Waals surface area (Å²) in [6.45, 7) is 1.91. The molecule has 1 aromatic heterocycles. The summed E-state index contributed by atoms with van der Waals surface area (Å²) in [5, 5.41) is 3.66. The second kappa shape index (κ2) is 8.11. The number of halogens is 2. The molecular formula is C23H16Cl2N2O2. The van der Waals surface area contributed by atoms with Crippen LogP contribution in [-0.4, -0.2) is 10.9 Å². The number of nitrogens with zero attached hydrogens (tertiary/aromatic N) is 1. The predicted molar refractivity (Wildman–Crippen MR) is 117 cm³/mol. The highest BCUT2D eigenvalue weighted by atomic mass is 35.5. The summed E-state index contributed by atoms with van der Waals surface area (Å²) in [7, 11) is 0. The van der Waals surface area contributed by atoms with Gasteiger partial charge in [-0.05, 0) is 48.9 Å². The Balaban J connectivity index is 1.55. The molecule has 4 nitrogen and oxygen atoms in total. The molecule has 4 aromatic rings. The van der Waals surface area contributed by atoms with Crippen LogP contribution < -0.4 is 5.32 Å². The largest absolute Gasteiger partial charge is 0.444 e. The topological polar surface area (TPSA) is 55.1 Å². The molecule has 3 aromatic carbocycles. The third kappa shape index (κ3) is 4.19. The Hall–Kier alpha value is -3.08. The molecule has 0 aliphatic carbocycles. The van der Waals surface area contributed by atoms with Crippen molar-refractivity contribution >= 4 is 34.8 Å². The van der Waals surface area contributed by atoms with E-state index in [1.54, 1.807) is 24.5 Å². The number of carbonyl (C=O) groups is 1. The van der Waals surface area contributed by atoms with Gasteiger partial charge < -0.3 is 9.73 Å². The lowest BCUT2D eigenvalue weighted by atomic mass is 10.1. The monoisotopic (exact) mass is 422 g/mol. The van der Waals surface area contributed by atoms with Gasteiger partial charge in [-0.15, -0.1) is 0 Å². The molecule has 0 saturated carbocycles. The number of aryl methyl sites for hydroxylation is 1. The van der Waals surface area contributed by atoms with Crippen molar-refractivity contribution < 1.29 is 9.21 Å². The summed E-state index contributed by atoms with van der Waals surface area (Å²) in [5.41, 5.74) is 4.50. The molecular weight excluding hydrogens is 407 g/mol. The van der Waals surface area contributed by atoms with E-state index in [9.17, 15) is 4.79 Å². The maximum atomic E-state index is 12.5. The van der Waals surface area contributed by atoms with Crippen LogP contribution in [0.1, 0.15) is 15.9 Å². The Labute approximate surface area is 178 Å². The predicted octanol–water partition coefficient (Wildman–Crippen LogP) is 6.88. The molecule has 1 amide bonds. The van der Waals surface area contributed by atoms with Gasteiger partial charge in [0.15, 0.2) is 0 Å². The van der Waals surface area contributed by atoms with Crippen LogP contribution in [0.25, 0.3) is 22.7 Å². The standard InChI is InChI=1S/C23H16Cl2N2O2/c1-14-11-16(23-27-21(13-29-23)15-5-3-2-4-6-15)7-10-20(14)26-22(28)18-9-8-17(24)12-19(18)25/h2-13H,1H3,(H,26,28). The lowest BCUT2D eigenvalue weighted by Gasteiger charge is -2.10. The van der Waals surface area contributed by atoms with Crippen molar-refractivity contribution in [1.82, 2.24) is 4.98 Å². The molecule has 0 aliphatic rings. The normalized spacial score (nSPS) is 10.7. The van der Waals surface area contributed by atoms with Crippen molar-refractivity contribution in [3.8, 4) is 22.7 Å². The quantitative estimate of drug-likeness (QED) is 0.389. The van der Waals surface area contributed by atoms with Gasteiger partial charge in [0.2, 0.25) is 5.89 Å². The highest BCUT2D eigenvalue weighted by molar-refractivity contribution is 6.37. The first-order valence-corrected chi connectivity index (χ1v) is 9.65. The first-order valence-electron chi connectivity index (χ1n) is 8.89. The first-order chi connectivity index (χ1) is 14.0. The van der Waals surface area contributed by atoms with Gasteiger partial charge in [-0.2, -0.15) is 0 Å². The summed E-state index contributed by atoms with van der Waals surface area (Å²) in [6.07, 6.45) is 1.64. The van der Waals surface area contributed by atoms with E-state index in [1.165, 1.54) is 0 Å². The van der Waals surface area contributed by atoms with Crippen molar-refractivity contribution in [2.24, 2.45) is 0 Å². The fraction of sp³-hybridized carbons (Fsp3) is 0.0435. The van der Waals surface area contributed by atoms with Crippen LogP contribution in [0.3, 0.4) is 0 Å². The van der Waals surface area contributed by atoms with Gasteiger partial charge in [0, 0.05) is 21.8 Å². The Morgan fingerprint density at radius 2 is 1.76 bits per heavy atom. The maximum Gasteiger partial charge on any atom is 0.257 e. The molecule has 1 heterocycles. The Morgan fingerprint density at radius 3 is 2.48 bits per heavy atom. The Kier molecular flexibility index (Phi) is 5.38. The third-order valence-corrected chi connectivity index (χ3v) is 5.02. The fourth-order valence-electron chi connectivity index (χ4n) is 2.95. The SMILES string of the molecule is Cc1cc(-c2nc(-c3ccccc3)co2)ccc1NC(=O)c1ccc(Cl)cc1Cl. The van der Waals surface area contributed by atoms with Crippen molar-refractivity contribution in [2.45, 2.75) is 6.92 Å². The molecule has 4 rings (SSSR count). The molecule has 0 aliphatic heterocycles. The summed E-state index contributed by atoms with van der Waals surface area (Å²) < 4.78 is 5.65. The van der Waals surface area contributed by atoms with Gasteiger partial charge in [0.1, 0.15) is 12.0 Å². The average Bonchev–Trinajstić information content (AvgIpc) is 3.20. The van der Waals surface area contributed by atoms with Crippen LogP contribution >= 0.6 is 23.2 Å². The van der Waals surface area contributed by atoms with E-state index in [4.69, 9.17) is 27.6 Å². The zero-order valence-electron chi connectivity index (χ0n) is 15.4. The fourth-order valence-corrected chi connectivity index (χ4v) is 3.44. The molecule has 0 fully saturated rings. The van der Waals surface area contributed by atoms with Gasteiger partial charge >= 0.3 is 0 Å². The lowest BCUT2D eigenvalue weighted by molar-refractivity contribution is 0.102. The summed E-state index contributed by atoms with van der Waals surface area (Å²) >= 11 is 12.0. The molecule has 0 spiro atoms. The van der Waals surface area contributed by atoms with Crippen LogP contribution in [0.4, 0.5) is 5.69 Å². The number of carbonyl (C=O) groups excluding carboxylic acids is 1. The molecule has 0 atom stereocenters. The second-order valence-corrected chi connectivity index (χ2v) is 7.36. The van der Waals surface area contributed by atoms with Crippen LogP contribution in [0, 0.1) is 6.92 Å². The number of benzene rings is 3. The molecule has 0 unspecified atom stereocenters. The number of nitrogens with one attached hydrogen (secondary N) is 1. The van der Waals surface area contributed by atoms with Crippen LogP contribution in [-0.2, 0) is 0 Å². The highest BCUT2D eigenvalue weighted by Crippen LogP contribution is 2.28. The number of amides is 1. The second-order valence-electron chi connectivity index (χ2n) is 6.51. The van der Waals surface area contributed by atoms with E-state index in [-0.39, 0.29) is 5.91 Å². The summed E-state index contributed by atoms with van der Waals surface area (Å²) in [5.74, 6) is 0.218.